The van der Waals surface area contributed by atoms with Crippen LogP contribution in [0.3, 0.4) is 0 Å². The van der Waals surface area contributed by atoms with Gasteiger partial charge in [-0.25, -0.2) is 0 Å². The van der Waals surface area contributed by atoms with Crippen molar-refractivity contribution in [3.8, 4) is 0 Å². The minimum Gasteiger partial charge on any atom is -0.388 e. The quantitative estimate of drug-likeness (QED) is 0.882. The molecule has 0 spiro atoms. The van der Waals surface area contributed by atoms with Gasteiger partial charge in [0.1, 0.15) is 0 Å². The number of fused-ring (bicyclic) bond motifs is 1. The molecule has 1 atom stereocenters. The van der Waals surface area contributed by atoms with Crippen molar-refractivity contribution in [3.05, 3.63) is 70.8 Å². The van der Waals surface area contributed by atoms with Crippen molar-refractivity contribution >= 4 is 0 Å². The predicted octanol–water partition coefficient (Wildman–Crippen LogP) is 4.40. The lowest BCUT2D eigenvalue weighted by Crippen LogP contribution is -2.18. The first-order valence-corrected chi connectivity index (χ1v) is 8.16. The van der Waals surface area contributed by atoms with Crippen LogP contribution in [0.25, 0.3) is 0 Å². The minimum absolute atomic E-state index is 0.325. The lowest BCUT2D eigenvalue weighted by molar-refractivity contribution is 0.111. The van der Waals surface area contributed by atoms with Crippen molar-refractivity contribution in [1.82, 2.24) is 0 Å². The molecule has 0 aromatic heterocycles. The molecule has 2 aromatic carbocycles. The Hall–Kier alpha value is -1.60. The van der Waals surface area contributed by atoms with E-state index < -0.39 is 0 Å². The lowest BCUT2D eigenvalue weighted by Gasteiger charge is -2.30. The zero-order valence-corrected chi connectivity index (χ0v) is 12.3. The van der Waals surface area contributed by atoms with Crippen molar-refractivity contribution in [2.45, 2.75) is 44.1 Å². The van der Waals surface area contributed by atoms with Gasteiger partial charge in [0.2, 0.25) is 0 Å². The van der Waals surface area contributed by atoms with E-state index in [1.54, 1.807) is 0 Å². The maximum Gasteiger partial charge on any atom is 0.0827 e. The molecule has 1 N–H and O–H groups in total. The molecule has 2 aliphatic carbocycles. The number of rotatable bonds is 3. The average Bonchev–Trinajstić information content (AvgIpc) is 2.89. The molecule has 21 heavy (non-hydrogen) atoms. The Morgan fingerprint density at radius 3 is 2.10 bits per heavy atom. The maximum absolute atomic E-state index is 10.9. The van der Waals surface area contributed by atoms with Crippen LogP contribution >= 0.6 is 0 Å². The van der Waals surface area contributed by atoms with Crippen LogP contribution < -0.4 is 0 Å². The van der Waals surface area contributed by atoms with Crippen LogP contribution in [-0.2, 0) is 12.8 Å². The molecule has 0 bridgehead atoms. The van der Waals surface area contributed by atoms with Crippen molar-refractivity contribution in [2.75, 3.05) is 0 Å². The van der Waals surface area contributed by atoms with E-state index in [0.717, 1.165) is 12.8 Å². The first-order valence-electron chi connectivity index (χ1n) is 8.16. The fraction of sp³-hybridized carbons (Fsp3) is 0.400. The summed E-state index contributed by atoms with van der Waals surface area (Å²) in [6.45, 7) is 0. The van der Waals surface area contributed by atoms with Gasteiger partial charge in [0.05, 0.1) is 6.10 Å². The number of aliphatic hydroxyl groups excluding tert-OH is 1. The molecule has 0 heterocycles. The normalized spacial score (nSPS) is 20.0. The Morgan fingerprint density at radius 1 is 0.857 bits per heavy atom. The highest BCUT2D eigenvalue weighted by Crippen LogP contribution is 2.42. The summed E-state index contributed by atoms with van der Waals surface area (Å²) in [5.41, 5.74) is 5.41. The predicted molar refractivity (Wildman–Crippen MR) is 85.3 cm³/mol. The van der Waals surface area contributed by atoms with Crippen molar-refractivity contribution in [3.63, 3.8) is 0 Å². The van der Waals surface area contributed by atoms with Crippen molar-refractivity contribution in [1.29, 1.82) is 0 Å². The molecule has 2 aromatic rings. The van der Waals surface area contributed by atoms with Crippen LogP contribution in [0.15, 0.2) is 48.5 Å². The van der Waals surface area contributed by atoms with Gasteiger partial charge in [-0.15, -0.1) is 0 Å². The highest BCUT2D eigenvalue weighted by molar-refractivity contribution is 5.37. The van der Waals surface area contributed by atoms with Crippen LogP contribution in [0.4, 0.5) is 0 Å². The smallest absolute Gasteiger partial charge is 0.0827 e. The van der Waals surface area contributed by atoms with Crippen LogP contribution in [-0.4, -0.2) is 5.11 Å². The third-order valence-corrected chi connectivity index (χ3v) is 5.39. The van der Waals surface area contributed by atoms with Gasteiger partial charge in [-0.05, 0) is 59.8 Å². The molecule has 1 unspecified atom stereocenters. The van der Waals surface area contributed by atoms with Gasteiger partial charge in [0.15, 0.2) is 0 Å². The maximum atomic E-state index is 10.9. The Kier molecular flexibility index (Phi) is 3.31. The van der Waals surface area contributed by atoms with E-state index in [-0.39, 0.29) is 6.10 Å². The van der Waals surface area contributed by atoms with Crippen LogP contribution in [0, 0.1) is 5.92 Å². The fourth-order valence-corrected chi connectivity index (χ4v) is 3.94. The standard InChI is InChI=1S/C20H22O/c21-20(17-12-15-6-1-2-7-16(15)13-17)19-11-4-3-10-18(19)14-8-5-9-14/h1-4,6-7,10-11,14,17,20-21H,5,8-9,12-13H2. The van der Waals surface area contributed by atoms with Gasteiger partial charge in [0.25, 0.3) is 0 Å². The van der Waals surface area contributed by atoms with E-state index in [1.165, 1.54) is 41.5 Å². The summed E-state index contributed by atoms with van der Waals surface area (Å²) in [5, 5.41) is 10.9. The fourth-order valence-electron chi connectivity index (χ4n) is 3.94. The molecule has 1 nitrogen and oxygen atoms in total. The number of hydrogen-bond donors (Lipinski definition) is 1. The molecule has 0 amide bonds. The molecule has 4 rings (SSSR count). The van der Waals surface area contributed by atoms with Gasteiger partial charge in [0, 0.05) is 0 Å². The SMILES string of the molecule is OC(c1ccccc1C1CCC1)C1Cc2ccccc2C1. The first-order chi connectivity index (χ1) is 10.3. The largest absolute Gasteiger partial charge is 0.388 e. The van der Waals surface area contributed by atoms with Crippen molar-refractivity contribution < 1.29 is 5.11 Å². The van der Waals surface area contributed by atoms with E-state index in [9.17, 15) is 5.11 Å². The molecule has 108 valence electrons. The Morgan fingerprint density at radius 2 is 1.48 bits per heavy atom. The van der Waals surface area contributed by atoms with E-state index in [1.807, 2.05) is 0 Å². The summed E-state index contributed by atoms with van der Waals surface area (Å²) in [6, 6.07) is 17.2. The zero-order valence-electron chi connectivity index (χ0n) is 12.3. The van der Waals surface area contributed by atoms with Crippen LogP contribution in [0.2, 0.25) is 0 Å². The molecule has 1 fully saturated rings. The number of benzene rings is 2. The highest BCUT2D eigenvalue weighted by Gasteiger charge is 2.31. The van der Waals surface area contributed by atoms with Gasteiger partial charge in [-0.1, -0.05) is 55.0 Å². The summed E-state index contributed by atoms with van der Waals surface area (Å²) in [6.07, 6.45) is 5.61. The minimum atomic E-state index is -0.325. The monoisotopic (exact) mass is 278 g/mol. The molecule has 1 saturated carbocycles. The molecular weight excluding hydrogens is 256 g/mol. The summed E-state index contributed by atoms with van der Waals surface area (Å²) in [7, 11) is 0. The van der Waals surface area contributed by atoms with E-state index in [2.05, 4.69) is 48.5 Å². The molecule has 0 aliphatic heterocycles. The summed E-state index contributed by atoms with van der Waals surface area (Å²) < 4.78 is 0. The Bertz CT molecular complexity index is 617. The molecule has 1 heteroatoms. The molecular formula is C20H22O. The van der Waals surface area contributed by atoms with Gasteiger partial charge in [-0.2, -0.15) is 0 Å². The third-order valence-electron chi connectivity index (χ3n) is 5.39. The lowest BCUT2D eigenvalue weighted by atomic mass is 9.76. The summed E-state index contributed by atoms with van der Waals surface area (Å²) >= 11 is 0. The molecule has 0 radical (unpaired) electrons. The summed E-state index contributed by atoms with van der Waals surface area (Å²) in [4.78, 5) is 0. The molecule has 2 aliphatic rings. The molecule has 0 saturated heterocycles. The van der Waals surface area contributed by atoms with E-state index in [4.69, 9.17) is 0 Å². The van der Waals surface area contributed by atoms with Crippen LogP contribution in [0.1, 0.15) is 53.5 Å². The zero-order chi connectivity index (χ0) is 14.2. The van der Waals surface area contributed by atoms with Gasteiger partial charge in [-0.3, -0.25) is 0 Å². The second-order valence-corrected chi connectivity index (χ2v) is 6.64. The van der Waals surface area contributed by atoms with E-state index in [0.29, 0.717) is 11.8 Å². The summed E-state index contributed by atoms with van der Waals surface area (Å²) in [5.74, 6) is 1.02. The van der Waals surface area contributed by atoms with Crippen molar-refractivity contribution in [2.24, 2.45) is 5.92 Å². The van der Waals surface area contributed by atoms with Gasteiger partial charge >= 0.3 is 0 Å². The highest BCUT2D eigenvalue weighted by atomic mass is 16.3. The van der Waals surface area contributed by atoms with E-state index >= 15 is 0 Å². The first kappa shape index (κ1) is 13.1. The van der Waals surface area contributed by atoms with Gasteiger partial charge < -0.3 is 5.11 Å². The topological polar surface area (TPSA) is 20.2 Å². The Balaban J connectivity index is 1.60. The third kappa shape index (κ3) is 2.30. The number of aliphatic hydroxyl groups is 1. The second-order valence-electron chi connectivity index (χ2n) is 6.64. The average molecular weight is 278 g/mol. The second kappa shape index (κ2) is 5.31. The van der Waals surface area contributed by atoms with Crippen LogP contribution in [0.5, 0.6) is 0 Å². The number of hydrogen-bond acceptors (Lipinski definition) is 1. The Labute approximate surface area is 126 Å².